The molecule has 2 aromatic rings. The first-order chi connectivity index (χ1) is 12.1. The van der Waals surface area contributed by atoms with E-state index in [1.54, 1.807) is 41.3 Å². The van der Waals surface area contributed by atoms with Crippen LogP contribution in [0.4, 0.5) is 0 Å². The second-order valence-corrected chi connectivity index (χ2v) is 6.28. The van der Waals surface area contributed by atoms with Crippen molar-refractivity contribution in [2.75, 3.05) is 19.9 Å². The van der Waals surface area contributed by atoms with Gasteiger partial charge in [0.2, 0.25) is 12.5 Å². The lowest BCUT2D eigenvalue weighted by Crippen LogP contribution is -2.75. The van der Waals surface area contributed by atoms with Gasteiger partial charge in [0.25, 0.3) is 11.8 Å². The predicted octanol–water partition coefficient (Wildman–Crippen LogP) is 1.39. The summed E-state index contributed by atoms with van der Waals surface area (Å²) in [6.07, 6.45) is 0. The molecule has 1 saturated heterocycles. The Bertz CT molecular complexity index is 904. The van der Waals surface area contributed by atoms with E-state index in [1.807, 2.05) is 6.07 Å². The number of carbonyl (C=O) groups excluding carboxylic acids is 2. The van der Waals surface area contributed by atoms with Crippen LogP contribution in [0, 0.1) is 0 Å². The molecule has 0 aliphatic carbocycles. The third-order valence-corrected chi connectivity index (χ3v) is 4.58. The monoisotopic (exact) mass is 338 g/mol. The summed E-state index contributed by atoms with van der Waals surface area (Å²) in [7, 11) is 0. The van der Waals surface area contributed by atoms with Gasteiger partial charge in [0.05, 0.1) is 18.7 Å². The highest BCUT2D eigenvalue weighted by atomic mass is 16.7. The van der Waals surface area contributed by atoms with E-state index < -0.39 is 5.72 Å². The average Bonchev–Trinajstić information content (AvgIpc) is 3.06. The van der Waals surface area contributed by atoms with E-state index >= 15 is 0 Å². The number of amides is 2. The Hall–Kier alpha value is -3.22. The Morgan fingerprint density at radius 1 is 1.04 bits per heavy atom. The van der Waals surface area contributed by atoms with Gasteiger partial charge >= 0.3 is 0 Å². The number of hydrogen-bond donors (Lipinski definition) is 1. The minimum atomic E-state index is -0.850. The zero-order valence-electron chi connectivity index (χ0n) is 13.2. The zero-order valence-corrected chi connectivity index (χ0v) is 13.2. The summed E-state index contributed by atoms with van der Waals surface area (Å²) < 4.78 is 16.5. The quantitative estimate of drug-likeness (QED) is 0.850. The summed E-state index contributed by atoms with van der Waals surface area (Å²) in [6, 6.07) is 12.2. The number of likely N-dealkylation sites (tertiary alicyclic amines) is 1. The first-order valence-electron chi connectivity index (χ1n) is 7.93. The summed E-state index contributed by atoms with van der Waals surface area (Å²) in [5, 5.41) is 2.86. The van der Waals surface area contributed by atoms with Crippen LogP contribution in [0.15, 0.2) is 42.5 Å². The standard InChI is InChI=1S/C18H14N2O5/c21-16-12-3-1-2-4-13(12)25-18(19-16)8-20(9-18)17(22)11-5-6-14-15(7-11)24-10-23-14/h1-7H,8-10H2,(H,19,21). The molecule has 3 aliphatic heterocycles. The number of para-hydroxylation sites is 1. The summed E-state index contributed by atoms with van der Waals surface area (Å²) in [5.41, 5.74) is 0.174. The molecule has 0 radical (unpaired) electrons. The fourth-order valence-electron chi connectivity index (χ4n) is 3.32. The van der Waals surface area contributed by atoms with Crippen molar-refractivity contribution in [3.63, 3.8) is 0 Å². The molecule has 1 N–H and O–H groups in total. The number of rotatable bonds is 1. The molecule has 126 valence electrons. The fraction of sp³-hybridized carbons (Fsp3) is 0.222. The highest BCUT2D eigenvalue weighted by Gasteiger charge is 2.51. The zero-order chi connectivity index (χ0) is 17.0. The smallest absolute Gasteiger partial charge is 0.258 e. The summed E-state index contributed by atoms with van der Waals surface area (Å²) in [6.45, 7) is 0.750. The van der Waals surface area contributed by atoms with Gasteiger partial charge in [-0.3, -0.25) is 9.59 Å². The van der Waals surface area contributed by atoms with Gasteiger partial charge in [-0.1, -0.05) is 12.1 Å². The van der Waals surface area contributed by atoms with Crippen LogP contribution in [0.5, 0.6) is 17.2 Å². The number of hydrogen-bond acceptors (Lipinski definition) is 5. The van der Waals surface area contributed by atoms with E-state index in [4.69, 9.17) is 14.2 Å². The molecule has 3 aliphatic rings. The molecule has 2 aromatic carbocycles. The molecule has 7 heteroatoms. The van der Waals surface area contributed by atoms with Crippen molar-refractivity contribution in [3.8, 4) is 17.2 Å². The van der Waals surface area contributed by atoms with E-state index in [0.29, 0.717) is 41.5 Å². The van der Waals surface area contributed by atoms with Crippen LogP contribution in [-0.2, 0) is 0 Å². The minimum absolute atomic E-state index is 0.138. The molecular formula is C18H14N2O5. The van der Waals surface area contributed by atoms with Crippen molar-refractivity contribution in [2.45, 2.75) is 5.72 Å². The lowest BCUT2D eigenvalue weighted by atomic mass is 9.98. The van der Waals surface area contributed by atoms with E-state index in [0.717, 1.165) is 0 Å². The lowest BCUT2D eigenvalue weighted by molar-refractivity contribution is -0.0829. The van der Waals surface area contributed by atoms with Crippen molar-refractivity contribution in [3.05, 3.63) is 53.6 Å². The molecule has 0 atom stereocenters. The molecule has 0 bridgehead atoms. The van der Waals surface area contributed by atoms with Crippen molar-refractivity contribution >= 4 is 11.8 Å². The molecule has 5 rings (SSSR count). The summed E-state index contributed by atoms with van der Waals surface area (Å²) in [5.74, 6) is 1.42. The van der Waals surface area contributed by atoms with Gasteiger partial charge in [0.15, 0.2) is 11.5 Å². The minimum Gasteiger partial charge on any atom is -0.463 e. The first kappa shape index (κ1) is 14.2. The Balaban J connectivity index is 1.33. The summed E-state index contributed by atoms with van der Waals surface area (Å²) >= 11 is 0. The fourth-order valence-corrected chi connectivity index (χ4v) is 3.32. The van der Waals surface area contributed by atoms with Gasteiger partial charge < -0.3 is 24.4 Å². The second-order valence-electron chi connectivity index (χ2n) is 6.28. The molecule has 0 unspecified atom stereocenters. The van der Waals surface area contributed by atoms with Gasteiger partial charge in [-0.15, -0.1) is 0 Å². The SMILES string of the molecule is O=C1NC2(CN(C(=O)c3ccc4c(c3)OCO4)C2)Oc2ccccc21. The first-order valence-corrected chi connectivity index (χ1v) is 7.93. The molecule has 25 heavy (non-hydrogen) atoms. The molecule has 7 nitrogen and oxygen atoms in total. The van der Waals surface area contributed by atoms with Crippen molar-refractivity contribution < 1.29 is 23.8 Å². The summed E-state index contributed by atoms with van der Waals surface area (Å²) in [4.78, 5) is 26.5. The third-order valence-electron chi connectivity index (χ3n) is 4.58. The Morgan fingerprint density at radius 3 is 2.72 bits per heavy atom. The van der Waals surface area contributed by atoms with Gasteiger partial charge in [-0.2, -0.15) is 0 Å². The maximum atomic E-state index is 12.6. The van der Waals surface area contributed by atoms with E-state index in [9.17, 15) is 9.59 Å². The van der Waals surface area contributed by atoms with Gasteiger partial charge in [0.1, 0.15) is 5.75 Å². The molecule has 3 heterocycles. The predicted molar refractivity (Wildman–Crippen MR) is 85.7 cm³/mol. The molecule has 1 fully saturated rings. The van der Waals surface area contributed by atoms with Crippen molar-refractivity contribution in [1.29, 1.82) is 0 Å². The van der Waals surface area contributed by atoms with E-state index in [1.165, 1.54) is 0 Å². The maximum Gasteiger partial charge on any atom is 0.258 e. The number of fused-ring (bicyclic) bond motifs is 2. The largest absolute Gasteiger partial charge is 0.463 e. The van der Waals surface area contributed by atoms with Crippen LogP contribution in [-0.4, -0.2) is 42.3 Å². The molecule has 0 saturated carbocycles. The number of nitrogens with one attached hydrogen (secondary N) is 1. The van der Waals surface area contributed by atoms with Crippen LogP contribution in [0.25, 0.3) is 0 Å². The van der Waals surface area contributed by atoms with Crippen LogP contribution >= 0.6 is 0 Å². The topological polar surface area (TPSA) is 77.1 Å². The number of carbonyl (C=O) groups is 2. The van der Waals surface area contributed by atoms with Crippen molar-refractivity contribution in [2.24, 2.45) is 0 Å². The van der Waals surface area contributed by atoms with Gasteiger partial charge in [0, 0.05) is 5.56 Å². The number of nitrogens with zero attached hydrogens (tertiary/aromatic N) is 1. The average molecular weight is 338 g/mol. The highest BCUT2D eigenvalue weighted by molar-refractivity contribution is 5.99. The van der Waals surface area contributed by atoms with Crippen molar-refractivity contribution in [1.82, 2.24) is 10.2 Å². The Morgan fingerprint density at radius 2 is 1.84 bits per heavy atom. The maximum absolute atomic E-state index is 12.6. The van der Waals surface area contributed by atoms with Gasteiger partial charge in [-0.05, 0) is 30.3 Å². The van der Waals surface area contributed by atoms with Crippen LogP contribution in [0.1, 0.15) is 20.7 Å². The Kier molecular flexibility index (Phi) is 2.77. The molecular weight excluding hydrogens is 324 g/mol. The number of ether oxygens (including phenoxy) is 3. The van der Waals surface area contributed by atoms with E-state index in [2.05, 4.69) is 5.32 Å². The molecule has 2 amide bonds. The normalized spacial score (nSPS) is 18.9. The molecule has 1 spiro atoms. The third kappa shape index (κ3) is 2.12. The number of benzene rings is 2. The van der Waals surface area contributed by atoms with E-state index in [-0.39, 0.29) is 18.6 Å². The molecule has 0 aromatic heterocycles. The highest BCUT2D eigenvalue weighted by Crippen LogP contribution is 2.36. The van der Waals surface area contributed by atoms with Crippen LogP contribution in [0.3, 0.4) is 0 Å². The van der Waals surface area contributed by atoms with Gasteiger partial charge in [-0.25, -0.2) is 0 Å². The lowest BCUT2D eigenvalue weighted by Gasteiger charge is -2.51. The Labute approximate surface area is 143 Å². The second kappa shape index (κ2) is 4.89. The van der Waals surface area contributed by atoms with Crippen LogP contribution < -0.4 is 19.5 Å². The van der Waals surface area contributed by atoms with Crippen LogP contribution in [0.2, 0.25) is 0 Å².